The lowest BCUT2D eigenvalue weighted by atomic mass is 10.1. The first-order valence-corrected chi connectivity index (χ1v) is 10.0. The summed E-state index contributed by atoms with van der Waals surface area (Å²) in [6.07, 6.45) is -0.328. The quantitative estimate of drug-likeness (QED) is 0.745. The van der Waals surface area contributed by atoms with Gasteiger partial charge in [-0.15, -0.1) is 11.3 Å². The lowest BCUT2D eigenvalue weighted by Crippen LogP contribution is -2.12. The first-order chi connectivity index (χ1) is 11.1. The van der Waals surface area contributed by atoms with Crippen LogP contribution in [0.3, 0.4) is 0 Å². The normalized spacial score (nSPS) is 11.7. The summed E-state index contributed by atoms with van der Waals surface area (Å²) >= 11 is 12.4. The predicted octanol–water partition coefficient (Wildman–Crippen LogP) is 4.30. The van der Waals surface area contributed by atoms with Crippen LogP contribution in [0.1, 0.15) is 29.8 Å². The van der Waals surface area contributed by atoms with E-state index in [2.05, 4.69) is 0 Å². The van der Waals surface area contributed by atoms with Gasteiger partial charge in [0.05, 0.1) is 16.9 Å². The molecule has 1 aromatic carbocycles. The average molecular weight is 409 g/mol. The van der Waals surface area contributed by atoms with Gasteiger partial charge in [0.1, 0.15) is 19.9 Å². The van der Waals surface area contributed by atoms with Gasteiger partial charge in [0.25, 0.3) is 0 Å². The van der Waals surface area contributed by atoms with Crippen molar-refractivity contribution in [1.29, 1.82) is 0 Å². The Morgan fingerprint density at radius 1 is 1.29 bits per heavy atom. The first-order valence-electron chi connectivity index (χ1n) is 6.80. The van der Waals surface area contributed by atoms with E-state index in [9.17, 15) is 18.3 Å². The van der Waals surface area contributed by atoms with Crippen molar-refractivity contribution >= 4 is 50.3 Å². The molecule has 0 spiro atoms. The zero-order valence-corrected chi connectivity index (χ0v) is 15.9. The molecule has 0 aliphatic rings. The van der Waals surface area contributed by atoms with E-state index < -0.39 is 15.8 Å². The number of sulfone groups is 1. The Bertz CT molecular complexity index is 852. The Balaban J connectivity index is 2.24. The van der Waals surface area contributed by atoms with Crippen LogP contribution < -0.4 is 0 Å². The summed E-state index contributed by atoms with van der Waals surface area (Å²) in [5, 5.41) is 10.1. The van der Waals surface area contributed by atoms with Gasteiger partial charge in [-0.3, -0.25) is 0 Å². The van der Waals surface area contributed by atoms with Crippen LogP contribution in [-0.4, -0.2) is 25.6 Å². The summed E-state index contributed by atoms with van der Waals surface area (Å²) in [7, 11) is -3.66. The van der Waals surface area contributed by atoms with Crippen LogP contribution in [0.2, 0.25) is 9.36 Å². The maximum Gasteiger partial charge on any atom is 0.342 e. The number of hydrogen-bond acceptors (Lipinski definition) is 6. The largest absolute Gasteiger partial charge is 0.507 e. The fraction of sp³-hybridized carbons (Fsp3) is 0.267. The van der Waals surface area contributed by atoms with Crippen molar-refractivity contribution in [2.75, 3.05) is 0 Å². The fourth-order valence-electron chi connectivity index (χ4n) is 1.89. The molecular weight excluding hydrogens is 395 g/mol. The Hall–Kier alpha value is -1.28. The maximum atomic E-state index is 12.4. The second-order valence-corrected chi connectivity index (χ2v) is 9.53. The molecule has 0 fully saturated rings. The second-order valence-electron chi connectivity index (χ2n) is 5.25. The first kappa shape index (κ1) is 19.1. The molecule has 1 aromatic heterocycles. The van der Waals surface area contributed by atoms with Crippen LogP contribution in [0, 0.1) is 0 Å². The van der Waals surface area contributed by atoms with Gasteiger partial charge in [0.15, 0.2) is 9.84 Å². The van der Waals surface area contributed by atoms with Gasteiger partial charge in [-0.05, 0) is 37.6 Å². The zero-order chi connectivity index (χ0) is 18.1. The number of rotatable bonds is 5. The van der Waals surface area contributed by atoms with Gasteiger partial charge in [0.2, 0.25) is 0 Å². The SMILES string of the molecule is CC(C)OC(=O)c1ccc(CS(=O)(=O)c2cc(Cl)c(Cl)s2)cc1O. The molecule has 1 heterocycles. The summed E-state index contributed by atoms with van der Waals surface area (Å²) < 4.78 is 30.0. The third-order valence-electron chi connectivity index (χ3n) is 2.91. The minimum absolute atomic E-state index is 0.0212. The van der Waals surface area contributed by atoms with Crippen molar-refractivity contribution < 1.29 is 23.1 Å². The van der Waals surface area contributed by atoms with E-state index in [4.69, 9.17) is 27.9 Å². The molecule has 0 unspecified atom stereocenters. The minimum atomic E-state index is -3.66. The molecule has 0 saturated carbocycles. The molecule has 0 saturated heterocycles. The number of phenols is 1. The van der Waals surface area contributed by atoms with Crippen molar-refractivity contribution in [2.45, 2.75) is 29.9 Å². The number of hydrogen-bond donors (Lipinski definition) is 1. The van der Waals surface area contributed by atoms with Crippen molar-refractivity contribution in [3.05, 3.63) is 44.8 Å². The number of thiophene rings is 1. The topological polar surface area (TPSA) is 80.7 Å². The van der Waals surface area contributed by atoms with E-state index in [0.717, 1.165) is 11.3 Å². The van der Waals surface area contributed by atoms with Crippen LogP contribution in [0.25, 0.3) is 0 Å². The number of esters is 1. The number of aromatic hydroxyl groups is 1. The van der Waals surface area contributed by atoms with Crippen LogP contribution >= 0.6 is 34.5 Å². The van der Waals surface area contributed by atoms with Gasteiger partial charge in [-0.2, -0.15) is 0 Å². The molecule has 9 heteroatoms. The predicted molar refractivity (Wildman–Crippen MR) is 93.9 cm³/mol. The summed E-state index contributed by atoms with van der Waals surface area (Å²) in [5.74, 6) is -1.36. The molecule has 0 aliphatic carbocycles. The Labute approximate surface area is 153 Å². The van der Waals surface area contributed by atoms with E-state index in [-0.39, 0.29) is 36.7 Å². The summed E-state index contributed by atoms with van der Waals surface area (Å²) in [6, 6.07) is 5.30. The van der Waals surface area contributed by atoms with Gasteiger partial charge in [0, 0.05) is 0 Å². The third kappa shape index (κ3) is 4.42. The second kappa shape index (κ2) is 7.31. The molecular formula is C15H14Cl2O5S2. The molecule has 0 radical (unpaired) electrons. The highest BCUT2D eigenvalue weighted by atomic mass is 35.5. The molecule has 24 heavy (non-hydrogen) atoms. The van der Waals surface area contributed by atoms with Gasteiger partial charge >= 0.3 is 5.97 Å². The number of ether oxygens (including phenoxy) is 1. The molecule has 5 nitrogen and oxygen atoms in total. The Morgan fingerprint density at radius 3 is 2.46 bits per heavy atom. The number of benzene rings is 1. The average Bonchev–Trinajstić information content (AvgIpc) is 2.78. The maximum absolute atomic E-state index is 12.4. The van der Waals surface area contributed by atoms with Gasteiger partial charge in [-0.25, -0.2) is 13.2 Å². The smallest absolute Gasteiger partial charge is 0.342 e. The molecule has 0 bridgehead atoms. The van der Waals surface area contributed by atoms with Gasteiger partial charge in [-0.1, -0.05) is 29.3 Å². The molecule has 130 valence electrons. The van der Waals surface area contributed by atoms with Crippen molar-refractivity contribution in [3.8, 4) is 5.75 Å². The van der Waals surface area contributed by atoms with Crippen LogP contribution in [-0.2, 0) is 20.3 Å². The number of carbonyl (C=O) groups excluding carboxylic acids is 1. The summed E-state index contributed by atoms with van der Waals surface area (Å²) in [5.41, 5.74) is 0.307. The minimum Gasteiger partial charge on any atom is -0.507 e. The van der Waals surface area contributed by atoms with E-state index in [1.54, 1.807) is 13.8 Å². The van der Waals surface area contributed by atoms with Gasteiger partial charge < -0.3 is 9.84 Å². The highest BCUT2D eigenvalue weighted by Crippen LogP contribution is 2.35. The number of phenolic OH excluding ortho intramolecular Hbond substituents is 1. The highest BCUT2D eigenvalue weighted by Gasteiger charge is 2.21. The lowest BCUT2D eigenvalue weighted by molar-refractivity contribution is 0.0374. The van der Waals surface area contributed by atoms with Crippen molar-refractivity contribution in [1.82, 2.24) is 0 Å². The van der Waals surface area contributed by atoms with Crippen molar-refractivity contribution in [3.63, 3.8) is 0 Å². The standard InChI is InChI=1S/C15H14Cl2O5S2/c1-8(2)22-15(19)10-4-3-9(5-12(10)18)7-24(20,21)13-6-11(16)14(17)23-13/h3-6,8,18H,7H2,1-2H3. The van der Waals surface area contributed by atoms with E-state index in [1.165, 1.54) is 24.3 Å². The van der Waals surface area contributed by atoms with Crippen LogP contribution in [0.5, 0.6) is 5.75 Å². The lowest BCUT2D eigenvalue weighted by Gasteiger charge is -2.10. The number of carbonyl (C=O) groups is 1. The zero-order valence-electron chi connectivity index (χ0n) is 12.7. The van der Waals surface area contributed by atoms with E-state index >= 15 is 0 Å². The molecule has 0 amide bonds. The highest BCUT2D eigenvalue weighted by molar-refractivity contribution is 7.92. The van der Waals surface area contributed by atoms with E-state index in [0.29, 0.717) is 5.56 Å². The third-order valence-corrected chi connectivity index (χ3v) is 7.03. The molecule has 0 atom stereocenters. The van der Waals surface area contributed by atoms with Crippen LogP contribution in [0.4, 0.5) is 0 Å². The Kier molecular flexibility index (Phi) is 5.80. The van der Waals surface area contributed by atoms with Crippen molar-refractivity contribution in [2.24, 2.45) is 0 Å². The van der Waals surface area contributed by atoms with Crippen LogP contribution in [0.15, 0.2) is 28.5 Å². The molecule has 1 N–H and O–H groups in total. The monoisotopic (exact) mass is 408 g/mol. The molecule has 2 rings (SSSR count). The fourth-order valence-corrected chi connectivity index (χ4v) is 5.19. The molecule has 2 aromatic rings. The number of halogens is 2. The summed E-state index contributed by atoms with van der Waals surface area (Å²) in [6.45, 7) is 3.38. The van der Waals surface area contributed by atoms with E-state index in [1.807, 2.05) is 0 Å². The molecule has 0 aliphatic heterocycles. The Morgan fingerprint density at radius 2 is 1.96 bits per heavy atom. The summed E-state index contributed by atoms with van der Waals surface area (Å²) in [4.78, 5) is 11.8.